The van der Waals surface area contributed by atoms with Crippen LogP contribution in [0, 0.1) is 12.7 Å². The number of rotatable bonds is 7. The first-order chi connectivity index (χ1) is 14.5. The molecule has 0 heterocycles. The Bertz CT molecular complexity index is 1080. The summed E-state index contributed by atoms with van der Waals surface area (Å²) < 4.78 is 18.5. The molecular weight excluding hydrogens is 385 g/mol. The number of benzene rings is 3. The van der Waals surface area contributed by atoms with E-state index in [1.807, 2.05) is 31.2 Å². The molecule has 0 spiro atoms. The molecule has 6 nitrogen and oxygen atoms in total. The lowest BCUT2D eigenvalue weighted by Gasteiger charge is -2.08. The Balaban J connectivity index is 1.53. The largest absolute Gasteiger partial charge is 0.423 e. The number of amides is 1. The summed E-state index contributed by atoms with van der Waals surface area (Å²) in [6.07, 6.45) is 1.44. The molecule has 2 N–H and O–H groups in total. The number of hydrogen-bond acceptors (Lipinski definition) is 5. The van der Waals surface area contributed by atoms with Gasteiger partial charge in [-0.15, -0.1) is 0 Å². The molecule has 0 fully saturated rings. The summed E-state index contributed by atoms with van der Waals surface area (Å²) >= 11 is 0. The number of nitrogens with zero attached hydrogens (tertiary/aromatic N) is 1. The molecule has 0 aliphatic carbocycles. The summed E-state index contributed by atoms with van der Waals surface area (Å²) in [4.78, 5) is 24.0. The maximum absolute atomic E-state index is 13.2. The monoisotopic (exact) mass is 405 g/mol. The first-order valence-corrected chi connectivity index (χ1v) is 9.20. The number of ether oxygens (including phenoxy) is 1. The molecule has 3 aromatic carbocycles. The van der Waals surface area contributed by atoms with Crippen LogP contribution in [-0.2, 0) is 4.79 Å². The highest BCUT2D eigenvalue weighted by atomic mass is 19.1. The third kappa shape index (κ3) is 6.00. The Hall–Kier alpha value is -4.00. The van der Waals surface area contributed by atoms with Crippen LogP contribution in [0.1, 0.15) is 21.5 Å². The lowest BCUT2D eigenvalue weighted by atomic mass is 10.2. The number of para-hydroxylation sites is 1. The average molecular weight is 405 g/mol. The van der Waals surface area contributed by atoms with Crippen LogP contribution < -0.4 is 15.5 Å². The van der Waals surface area contributed by atoms with Crippen molar-refractivity contribution < 1.29 is 18.7 Å². The number of carbonyl (C=O) groups excluding carboxylic acids is 2. The average Bonchev–Trinajstić information content (AvgIpc) is 2.73. The van der Waals surface area contributed by atoms with E-state index < -0.39 is 11.8 Å². The van der Waals surface area contributed by atoms with Gasteiger partial charge in [-0.3, -0.25) is 4.79 Å². The van der Waals surface area contributed by atoms with Crippen molar-refractivity contribution in [1.29, 1.82) is 0 Å². The highest BCUT2D eigenvalue weighted by Crippen LogP contribution is 2.15. The minimum Gasteiger partial charge on any atom is -0.423 e. The van der Waals surface area contributed by atoms with Crippen LogP contribution in [0.15, 0.2) is 77.9 Å². The van der Waals surface area contributed by atoms with Crippen molar-refractivity contribution in [2.45, 2.75) is 6.92 Å². The van der Waals surface area contributed by atoms with E-state index in [1.165, 1.54) is 24.4 Å². The standard InChI is InChI=1S/C23H20FN3O3/c1-16-6-2-3-11-21(16)25-15-22(28)27-26-14-17-7-4-10-20(12-17)30-23(29)18-8-5-9-19(24)13-18/h2-14,25H,15H2,1H3,(H,27,28)/b26-14-. The minimum absolute atomic E-state index is 0.0769. The quantitative estimate of drug-likeness (QED) is 0.270. The molecule has 0 saturated heterocycles. The van der Waals surface area contributed by atoms with Crippen molar-refractivity contribution >= 4 is 23.8 Å². The summed E-state index contributed by atoms with van der Waals surface area (Å²) in [6, 6.07) is 19.5. The highest BCUT2D eigenvalue weighted by molar-refractivity contribution is 5.91. The lowest BCUT2D eigenvalue weighted by Crippen LogP contribution is -2.26. The molecule has 0 saturated carbocycles. The fraction of sp³-hybridized carbons (Fsp3) is 0.0870. The van der Waals surface area contributed by atoms with Crippen LogP contribution in [0.3, 0.4) is 0 Å². The lowest BCUT2D eigenvalue weighted by molar-refractivity contribution is -0.119. The van der Waals surface area contributed by atoms with Gasteiger partial charge in [0.25, 0.3) is 5.91 Å². The second-order valence-electron chi connectivity index (χ2n) is 6.43. The van der Waals surface area contributed by atoms with Gasteiger partial charge in [0, 0.05) is 5.69 Å². The van der Waals surface area contributed by atoms with E-state index >= 15 is 0 Å². The first kappa shape index (κ1) is 20.7. The molecule has 3 aromatic rings. The number of hydrazone groups is 1. The second-order valence-corrected chi connectivity index (χ2v) is 6.43. The Kier molecular flexibility index (Phi) is 6.89. The maximum Gasteiger partial charge on any atom is 0.343 e. The second kappa shape index (κ2) is 9.97. The predicted molar refractivity (Wildman–Crippen MR) is 113 cm³/mol. The SMILES string of the molecule is Cc1ccccc1NCC(=O)N/N=C\c1cccc(OC(=O)c2cccc(F)c2)c1. The molecule has 0 atom stereocenters. The minimum atomic E-state index is -0.667. The zero-order chi connectivity index (χ0) is 21.3. The molecule has 152 valence electrons. The van der Waals surface area contributed by atoms with E-state index in [1.54, 1.807) is 24.3 Å². The molecular formula is C23H20FN3O3. The van der Waals surface area contributed by atoms with Gasteiger partial charge in [0.05, 0.1) is 18.3 Å². The number of carbonyl (C=O) groups is 2. The van der Waals surface area contributed by atoms with Crippen molar-refractivity contribution in [3.8, 4) is 5.75 Å². The smallest absolute Gasteiger partial charge is 0.343 e. The Morgan fingerprint density at radius 1 is 1.03 bits per heavy atom. The zero-order valence-corrected chi connectivity index (χ0v) is 16.3. The maximum atomic E-state index is 13.2. The number of halogens is 1. The van der Waals surface area contributed by atoms with Crippen molar-refractivity contribution in [2.24, 2.45) is 5.10 Å². The van der Waals surface area contributed by atoms with E-state index in [0.717, 1.165) is 17.3 Å². The van der Waals surface area contributed by atoms with Gasteiger partial charge in [0.15, 0.2) is 0 Å². The number of anilines is 1. The van der Waals surface area contributed by atoms with Gasteiger partial charge in [-0.1, -0.05) is 36.4 Å². The summed E-state index contributed by atoms with van der Waals surface area (Å²) in [5.74, 6) is -1.21. The predicted octanol–water partition coefficient (Wildman–Crippen LogP) is 3.92. The summed E-state index contributed by atoms with van der Waals surface area (Å²) in [5.41, 5.74) is 5.08. The molecule has 0 bridgehead atoms. The molecule has 3 rings (SSSR count). The van der Waals surface area contributed by atoms with Crippen LogP contribution in [0.5, 0.6) is 5.75 Å². The summed E-state index contributed by atoms with van der Waals surface area (Å²) in [5, 5.41) is 6.95. The van der Waals surface area contributed by atoms with E-state index in [9.17, 15) is 14.0 Å². The van der Waals surface area contributed by atoms with Crippen molar-refractivity contribution in [1.82, 2.24) is 5.43 Å². The van der Waals surface area contributed by atoms with Crippen molar-refractivity contribution in [3.05, 3.63) is 95.3 Å². The van der Waals surface area contributed by atoms with Crippen LogP contribution >= 0.6 is 0 Å². The third-order valence-corrected chi connectivity index (χ3v) is 4.12. The molecule has 30 heavy (non-hydrogen) atoms. The Morgan fingerprint density at radius 2 is 1.83 bits per heavy atom. The van der Waals surface area contributed by atoms with Crippen molar-refractivity contribution in [3.63, 3.8) is 0 Å². The van der Waals surface area contributed by atoms with E-state index in [2.05, 4.69) is 15.8 Å². The summed E-state index contributed by atoms with van der Waals surface area (Å²) in [7, 11) is 0. The first-order valence-electron chi connectivity index (χ1n) is 9.20. The third-order valence-electron chi connectivity index (χ3n) is 4.12. The fourth-order valence-corrected chi connectivity index (χ4v) is 2.60. The highest BCUT2D eigenvalue weighted by Gasteiger charge is 2.09. The van der Waals surface area contributed by atoms with Gasteiger partial charge in [-0.05, 0) is 54.4 Å². The number of esters is 1. The van der Waals surface area contributed by atoms with Gasteiger partial charge >= 0.3 is 5.97 Å². The van der Waals surface area contributed by atoms with Gasteiger partial charge in [-0.2, -0.15) is 5.10 Å². The van der Waals surface area contributed by atoms with E-state index in [4.69, 9.17) is 4.74 Å². The topological polar surface area (TPSA) is 79.8 Å². The molecule has 0 aliphatic heterocycles. The Morgan fingerprint density at radius 3 is 2.63 bits per heavy atom. The number of aryl methyl sites for hydroxylation is 1. The van der Waals surface area contributed by atoms with E-state index in [-0.39, 0.29) is 23.8 Å². The van der Waals surface area contributed by atoms with Crippen LogP contribution in [0.2, 0.25) is 0 Å². The molecule has 0 aliphatic rings. The molecule has 0 unspecified atom stereocenters. The molecule has 7 heteroatoms. The van der Waals surface area contributed by atoms with Crippen LogP contribution in [0.25, 0.3) is 0 Å². The molecule has 0 aromatic heterocycles. The van der Waals surface area contributed by atoms with Gasteiger partial charge in [0.1, 0.15) is 11.6 Å². The molecule has 0 radical (unpaired) electrons. The summed E-state index contributed by atoms with van der Waals surface area (Å²) in [6.45, 7) is 2.03. The van der Waals surface area contributed by atoms with Crippen LogP contribution in [0.4, 0.5) is 10.1 Å². The Labute approximate surface area is 173 Å². The van der Waals surface area contributed by atoms with Gasteiger partial charge in [0.2, 0.25) is 0 Å². The number of hydrogen-bond donors (Lipinski definition) is 2. The zero-order valence-electron chi connectivity index (χ0n) is 16.3. The molecule has 1 amide bonds. The van der Waals surface area contributed by atoms with E-state index in [0.29, 0.717) is 5.56 Å². The normalized spacial score (nSPS) is 10.6. The van der Waals surface area contributed by atoms with Crippen LogP contribution in [-0.4, -0.2) is 24.6 Å². The van der Waals surface area contributed by atoms with Gasteiger partial charge < -0.3 is 10.1 Å². The van der Waals surface area contributed by atoms with Crippen molar-refractivity contribution in [2.75, 3.05) is 11.9 Å². The number of nitrogens with one attached hydrogen (secondary N) is 2. The van der Waals surface area contributed by atoms with Gasteiger partial charge in [-0.25, -0.2) is 14.6 Å². The fourth-order valence-electron chi connectivity index (χ4n) is 2.60.